The van der Waals surface area contributed by atoms with Crippen LogP contribution in [0.2, 0.25) is 0 Å². The Hall–Kier alpha value is -0.960. The Morgan fingerprint density at radius 3 is 2.03 bits per heavy atom. The largest absolute Gasteiger partial charge is 1.00 e. The SMILES string of the molecule is C=C(C)C(=O)OCCCCCCCCCCOC(=O)CCCC1NC(=S)[N-]C1=O.[Na+]. The molecule has 30 heavy (non-hydrogen) atoms. The van der Waals surface area contributed by atoms with Crippen LogP contribution >= 0.6 is 12.2 Å². The van der Waals surface area contributed by atoms with Gasteiger partial charge in [-0.3, -0.25) is 9.59 Å². The van der Waals surface area contributed by atoms with Gasteiger partial charge in [0.2, 0.25) is 0 Å². The number of hydrogen-bond donors (Lipinski definition) is 1. The molecule has 0 spiro atoms. The molecule has 0 bridgehead atoms. The van der Waals surface area contributed by atoms with Crippen LogP contribution in [0.4, 0.5) is 0 Å². The van der Waals surface area contributed by atoms with Crippen molar-refractivity contribution in [1.29, 1.82) is 0 Å². The Labute approximate surface area is 207 Å². The van der Waals surface area contributed by atoms with Crippen LogP contribution in [0.5, 0.6) is 0 Å². The summed E-state index contributed by atoms with van der Waals surface area (Å²) in [6.07, 6.45) is 9.87. The van der Waals surface area contributed by atoms with Crippen LogP contribution in [0.3, 0.4) is 0 Å². The van der Waals surface area contributed by atoms with E-state index >= 15 is 0 Å². The second-order valence-electron chi connectivity index (χ2n) is 7.31. The van der Waals surface area contributed by atoms with Gasteiger partial charge in [0, 0.05) is 23.1 Å². The summed E-state index contributed by atoms with van der Waals surface area (Å²) in [6.45, 7) is 6.11. The number of unbranched alkanes of at least 4 members (excludes halogenated alkanes) is 7. The molecule has 0 radical (unpaired) electrons. The fourth-order valence-corrected chi connectivity index (χ4v) is 3.11. The summed E-state index contributed by atoms with van der Waals surface area (Å²) in [5.41, 5.74) is 0.440. The average Bonchev–Trinajstić information content (AvgIpc) is 2.99. The van der Waals surface area contributed by atoms with Crippen molar-refractivity contribution in [2.45, 2.75) is 83.6 Å². The van der Waals surface area contributed by atoms with E-state index in [9.17, 15) is 14.4 Å². The number of carbonyl (C=O) groups excluding carboxylic acids is 3. The molecule has 1 atom stereocenters. The van der Waals surface area contributed by atoms with Gasteiger partial charge in [0.1, 0.15) is 5.91 Å². The second-order valence-corrected chi connectivity index (χ2v) is 7.70. The van der Waals surface area contributed by atoms with Gasteiger partial charge in [-0.2, -0.15) is 0 Å². The Balaban J connectivity index is 0.00000841. The Morgan fingerprint density at radius 2 is 1.53 bits per heavy atom. The molecule has 1 aliphatic heterocycles. The molecule has 1 N–H and O–H groups in total. The van der Waals surface area contributed by atoms with Gasteiger partial charge in [0.15, 0.2) is 0 Å². The molecule has 7 nitrogen and oxygen atoms in total. The number of nitrogens with one attached hydrogen (secondary N) is 1. The van der Waals surface area contributed by atoms with Crippen molar-refractivity contribution in [3.8, 4) is 0 Å². The summed E-state index contributed by atoms with van der Waals surface area (Å²) in [7, 11) is 0. The van der Waals surface area contributed by atoms with Crippen molar-refractivity contribution in [3.63, 3.8) is 0 Å². The topological polar surface area (TPSA) is 95.8 Å². The molecule has 0 aromatic heterocycles. The molecule has 164 valence electrons. The third-order valence-corrected chi connectivity index (χ3v) is 4.77. The minimum atomic E-state index is -0.387. The Morgan fingerprint density at radius 1 is 1.00 bits per heavy atom. The maximum absolute atomic E-state index is 11.7. The van der Waals surface area contributed by atoms with Crippen molar-refractivity contribution in [2.75, 3.05) is 13.2 Å². The summed E-state index contributed by atoms with van der Waals surface area (Å²) in [5, 5.41) is 6.68. The summed E-state index contributed by atoms with van der Waals surface area (Å²) >= 11 is 4.81. The fourth-order valence-electron chi connectivity index (χ4n) is 2.88. The number of esters is 2. The maximum atomic E-state index is 11.7. The zero-order chi connectivity index (χ0) is 21.5. The van der Waals surface area contributed by atoms with Crippen molar-refractivity contribution < 1.29 is 53.4 Å². The molecule has 1 fully saturated rings. The first kappa shape index (κ1) is 29.0. The van der Waals surface area contributed by atoms with Crippen LogP contribution in [-0.2, 0) is 23.9 Å². The maximum Gasteiger partial charge on any atom is 1.00 e. The predicted octanol–water partition coefficient (Wildman–Crippen LogP) is 1.10. The van der Waals surface area contributed by atoms with Gasteiger partial charge in [-0.05, 0) is 32.6 Å². The molecule has 9 heteroatoms. The molecule has 1 unspecified atom stereocenters. The summed E-state index contributed by atoms with van der Waals surface area (Å²) in [6, 6.07) is -0.387. The van der Waals surface area contributed by atoms with Crippen molar-refractivity contribution in [3.05, 3.63) is 17.5 Å². The monoisotopic (exact) mass is 448 g/mol. The van der Waals surface area contributed by atoms with Gasteiger partial charge >= 0.3 is 41.5 Å². The van der Waals surface area contributed by atoms with E-state index in [1.165, 1.54) is 0 Å². The van der Waals surface area contributed by atoms with Crippen LogP contribution in [0.1, 0.15) is 77.6 Å². The van der Waals surface area contributed by atoms with E-state index in [0.717, 1.165) is 51.4 Å². The molecular formula is C21H33N2NaO5S. The van der Waals surface area contributed by atoms with Crippen molar-refractivity contribution in [2.24, 2.45) is 0 Å². The van der Waals surface area contributed by atoms with E-state index in [4.69, 9.17) is 21.7 Å². The average molecular weight is 449 g/mol. The van der Waals surface area contributed by atoms with E-state index in [1.54, 1.807) is 6.92 Å². The van der Waals surface area contributed by atoms with Gasteiger partial charge in [-0.1, -0.05) is 57.3 Å². The third kappa shape index (κ3) is 14.1. The van der Waals surface area contributed by atoms with Crippen LogP contribution in [0.15, 0.2) is 12.2 Å². The minimum Gasteiger partial charge on any atom is -0.466 e. The quantitative estimate of drug-likeness (QED) is 0.124. The van der Waals surface area contributed by atoms with Gasteiger partial charge in [-0.15, -0.1) is 0 Å². The number of carbonyl (C=O) groups is 3. The number of thiocarbonyl (C=S) groups is 1. The van der Waals surface area contributed by atoms with Gasteiger partial charge < -0.3 is 20.1 Å². The van der Waals surface area contributed by atoms with Crippen LogP contribution in [0.25, 0.3) is 5.32 Å². The Kier molecular flexibility index (Phi) is 17.1. The molecule has 0 saturated carbocycles. The van der Waals surface area contributed by atoms with Crippen molar-refractivity contribution in [1.82, 2.24) is 5.32 Å². The molecule has 1 amide bonds. The summed E-state index contributed by atoms with van der Waals surface area (Å²) in [5.74, 6) is -0.788. The Bertz CT molecular complexity index is 586. The zero-order valence-electron chi connectivity index (χ0n) is 18.4. The zero-order valence-corrected chi connectivity index (χ0v) is 21.2. The van der Waals surface area contributed by atoms with Crippen LogP contribution in [0, 0.1) is 0 Å². The van der Waals surface area contributed by atoms with Crippen LogP contribution in [-0.4, -0.2) is 42.2 Å². The van der Waals surface area contributed by atoms with E-state index in [1.807, 2.05) is 0 Å². The fraction of sp³-hybridized carbons (Fsp3) is 0.714. The standard InChI is InChI=1S/C21H34N2O5S.Na/c1-16(2)20(26)28-15-10-8-6-4-3-5-7-9-14-27-18(24)13-11-12-17-19(25)23-21(29)22-17;/h17H,1,3-15H2,2H3,(H2,22,23,25,29);/q;+1/p-1. The minimum absolute atomic E-state index is 0. The van der Waals surface area contributed by atoms with E-state index in [2.05, 4.69) is 17.2 Å². The predicted molar refractivity (Wildman–Crippen MR) is 115 cm³/mol. The molecule has 0 aromatic rings. The molecule has 1 rings (SSSR count). The summed E-state index contributed by atoms with van der Waals surface area (Å²) < 4.78 is 10.3. The number of amides is 1. The van der Waals surface area contributed by atoms with E-state index in [0.29, 0.717) is 38.0 Å². The van der Waals surface area contributed by atoms with Gasteiger partial charge in [-0.25, -0.2) is 4.79 Å². The van der Waals surface area contributed by atoms with E-state index < -0.39 is 0 Å². The molecular weight excluding hydrogens is 415 g/mol. The first-order valence-corrected chi connectivity index (χ1v) is 10.9. The van der Waals surface area contributed by atoms with Crippen molar-refractivity contribution >= 4 is 35.2 Å². The number of hydrogen-bond acceptors (Lipinski definition) is 6. The molecule has 1 aliphatic rings. The molecule has 1 saturated heterocycles. The second kappa shape index (κ2) is 17.7. The first-order valence-electron chi connectivity index (χ1n) is 10.4. The van der Waals surface area contributed by atoms with E-state index in [-0.39, 0.29) is 58.6 Å². The smallest absolute Gasteiger partial charge is 0.466 e. The van der Waals surface area contributed by atoms with Crippen LogP contribution < -0.4 is 34.9 Å². The number of ether oxygens (including phenoxy) is 2. The molecule has 0 aliphatic carbocycles. The molecule has 1 heterocycles. The number of rotatable bonds is 16. The van der Waals surface area contributed by atoms with Gasteiger partial charge in [0.05, 0.1) is 13.2 Å². The first-order chi connectivity index (χ1) is 13.9. The summed E-state index contributed by atoms with van der Waals surface area (Å²) in [4.78, 5) is 34.3. The normalized spacial score (nSPS) is 15.0. The molecule has 0 aromatic carbocycles. The number of nitrogens with zero attached hydrogens (tertiary/aromatic N) is 1. The third-order valence-electron chi connectivity index (χ3n) is 4.56. The van der Waals surface area contributed by atoms with Gasteiger partial charge in [0.25, 0.3) is 0 Å².